The van der Waals surface area contributed by atoms with Crippen molar-refractivity contribution in [1.29, 1.82) is 0 Å². The quantitative estimate of drug-likeness (QED) is 0.828. The number of nitrogens with one attached hydrogen (secondary N) is 1. The van der Waals surface area contributed by atoms with Gasteiger partial charge >= 0.3 is 0 Å². The molecule has 0 amide bonds. The van der Waals surface area contributed by atoms with Crippen molar-refractivity contribution in [3.8, 4) is 17.2 Å². The monoisotopic (exact) mass is 285 g/mol. The highest BCUT2D eigenvalue weighted by molar-refractivity contribution is 5.55. The summed E-state index contributed by atoms with van der Waals surface area (Å²) in [5, 5.41) is 3.44. The van der Waals surface area contributed by atoms with Crippen LogP contribution in [0.3, 0.4) is 0 Å². The second-order valence-corrected chi connectivity index (χ2v) is 4.94. The molecule has 4 nitrogen and oxygen atoms in total. The molecule has 0 aliphatic carbocycles. The van der Waals surface area contributed by atoms with E-state index in [9.17, 15) is 0 Å². The van der Waals surface area contributed by atoms with E-state index in [0.717, 1.165) is 36.6 Å². The smallest absolute Gasteiger partial charge is 0.231 e. The summed E-state index contributed by atoms with van der Waals surface area (Å²) in [6.07, 6.45) is 1.02. The summed E-state index contributed by atoms with van der Waals surface area (Å²) in [6.45, 7) is 1.97. The molecule has 0 bridgehead atoms. The summed E-state index contributed by atoms with van der Waals surface area (Å²) in [5.74, 6) is 2.18. The lowest BCUT2D eigenvalue weighted by molar-refractivity contribution is 0.171. The van der Waals surface area contributed by atoms with Crippen molar-refractivity contribution in [3.05, 3.63) is 53.6 Å². The predicted octanol–water partition coefficient (Wildman–Crippen LogP) is 2.76. The number of rotatable bonds is 6. The van der Waals surface area contributed by atoms with Crippen LogP contribution in [0.25, 0.3) is 0 Å². The zero-order valence-corrected chi connectivity index (χ0v) is 12.1. The van der Waals surface area contributed by atoms with E-state index < -0.39 is 0 Å². The van der Waals surface area contributed by atoms with E-state index in [4.69, 9.17) is 14.2 Å². The molecule has 0 unspecified atom stereocenters. The number of benzene rings is 2. The van der Waals surface area contributed by atoms with Crippen LogP contribution in [0.4, 0.5) is 0 Å². The molecule has 110 valence electrons. The molecule has 1 heterocycles. The summed E-state index contributed by atoms with van der Waals surface area (Å²) in [6, 6.07) is 14.5. The van der Waals surface area contributed by atoms with Crippen molar-refractivity contribution in [2.75, 3.05) is 20.4 Å². The lowest BCUT2D eigenvalue weighted by Crippen LogP contribution is -2.16. The summed E-state index contributed by atoms with van der Waals surface area (Å²) in [4.78, 5) is 0. The van der Waals surface area contributed by atoms with Gasteiger partial charge < -0.3 is 19.5 Å². The molecule has 1 aliphatic rings. The normalized spacial score (nSPS) is 12.4. The van der Waals surface area contributed by atoms with Crippen LogP contribution in [0.2, 0.25) is 0 Å². The average molecular weight is 285 g/mol. The fourth-order valence-corrected chi connectivity index (χ4v) is 2.40. The Hall–Kier alpha value is -2.20. The van der Waals surface area contributed by atoms with E-state index >= 15 is 0 Å². The van der Waals surface area contributed by atoms with Crippen LogP contribution in [0.5, 0.6) is 17.2 Å². The van der Waals surface area contributed by atoms with Gasteiger partial charge in [-0.2, -0.15) is 0 Å². The molecule has 1 aliphatic heterocycles. The molecule has 0 saturated heterocycles. The lowest BCUT2D eigenvalue weighted by atomic mass is 10.1. The lowest BCUT2D eigenvalue weighted by Gasteiger charge is -2.09. The first kappa shape index (κ1) is 13.8. The maximum atomic E-state index is 5.43. The fourth-order valence-electron chi connectivity index (χ4n) is 2.40. The minimum Gasteiger partial charge on any atom is -0.493 e. The van der Waals surface area contributed by atoms with Crippen molar-refractivity contribution in [2.24, 2.45) is 0 Å². The van der Waals surface area contributed by atoms with Crippen molar-refractivity contribution >= 4 is 0 Å². The first-order valence-corrected chi connectivity index (χ1v) is 7.08. The topological polar surface area (TPSA) is 39.7 Å². The third-order valence-corrected chi connectivity index (χ3v) is 3.48. The summed E-state index contributed by atoms with van der Waals surface area (Å²) >= 11 is 0. The molecule has 4 heteroatoms. The summed E-state index contributed by atoms with van der Waals surface area (Å²) in [5.41, 5.74) is 2.47. The van der Waals surface area contributed by atoms with Crippen LogP contribution < -0.4 is 19.5 Å². The molecule has 0 fully saturated rings. The van der Waals surface area contributed by atoms with Gasteiger partial charge in [-0.3, -0.25) is 0 Å². The van der Waals surface area contributed by atoms with Crippen LogP contribution in [0, 0.1) is 0 Å². The van der Waals surface area contributed by atoms with E-state index in [1.807, 2.05) is 18.2 Å². The van der Waals surface area contributed by atoms with E-state index in [-0.39, 0.29) is 6.79 Å². The number of hydrogen-bond acceptors (Lipinski definition) is 4. The predicted molar refractivity (Wildman–Crippen MR) is 81.0 cm³/mol. The Labute approximate surface area is 124 Å². The highest BCUT2D eigenvalue weighted by atomic mass is 16.7. The molecule has 0 saturated carbocycles. The van der Waals surface area contributed by atoms with Gasteiger partial charge in [0.15, 0.2) is 11.5 Å². The Morgan fingerprint density at radius 1 is 1.10 bits per heavy atom. The van der Waals surface area contributed by atoms with Gasteiger partial charge in [0, 0.05) is 6.54 Å². The molecule has 0 aromatic heterocycles. The van der Waals surface area contributed by atoms with E-state index in [1.165, 1.54) is 5.56 Å². The van der Waals surface area contributed by atoms with Gasteiger partial charge in [0.1, 0.15) is 0 Å². The molecule has 21 heavy (non-hydrogen) atoms. The average Bonchev–Trinajstić information content (AvgIpc) is 3.00. The van der Waals surface area contributed by atoms with Gasteiger partial charge in [0.25, 0.3) is 0 Å². The zero-order valence-electron chi connectivity index (χ0n) is 12.1. The van der Waals surface area contributed by atoms with Gasteiger partial charge in [-0.25, -0.2) is 0 Å². The van der Waals surface area contributed by atoms with Crippen LogP contribution in [-0.2, 0) is 13.0 Å². The summed E-state index contributed by atoms with van der Waals surface area (Å²) < 4.78 is 16.2. The maximum Gasteiger partial charge on any atom is 0.231 e. The molecule has 0 radical (unpaired) electrons. The highest BCUT2D eigenvalue weighted by Crippen LogP contribution is 2.41. The van der Waals surface area contributed by atoms with Crippen molar-refractivity contribution in [1.82, 2.24) is 5.32 Å². The number of ether oxygens (including phenoxy) is 3. The van der Waals surface area contributed by atoms with E-state index in [0.29, 0.717) is 5.75 Å². The van der Waals surface area contributed by atoms with Crippen LogP contribution in [0.1, 0.15) is 11.1 Å². The Balaban J connectivity index is 1.56. The van der Waals surface area contributed by atoms with Gasteiger partial charge in [0.2, 0.25) is 12.5 Å². The van der Waals surface area contributed by atoms with Gasteiger partial charge in [-0.15, -0.1) is 0 Å². The van der Waals surface area contributed by atoms with Crippen molar-refractivity contribution in [2.45, 2.75) is 13.0 Å². The van der Waals surface area contributed by atoms with Gasteiger partial charge in [-0.1, -0.05) is 30.3 Å². The van der Waals surface area contributed by atoms with E-state index in [1.54, 1.807) is 7.11 Å². The van der Waals surface area contributed by atoms with Crippen LogP contribution in [-0.4, -0.2) is 20.4 Å². The van der Waals surface area contributed by atoms with Crippen molar-refractivity contribution < 1.29 is 14.2 Å². The largest absolute Gasteiger partial charge is 0.493 e. The van der Waals surface area contributed by atoms with Crippen LogP contribution in [0.15, 0.2) is 42.5 Å². The van der Waals surface area contributed by atoms with Gasteiger partial charge in [-0.05, 0) is 36.2 Å². The molecule has 2 aromatic rings. The minimum atomic E-state index is 0.260. The molecule has 1 N–H and O–H groups in total. The molecule has 0 spiro atoms. The third-order valence-electron chi connectivity index (χ3n) is 3.48. The fraction of sp³-hybridized carbons (Fsp3) is 0.294. The first-order valence-electron chi connectivity index (χ1n) is 7.08. The SMILES string of the molecule is COc1cc(CNCCc2ccccc2)cc2c1OCO2. The number of methoxy groups -OCH3 is 1. The Bertz CT molecular complexity index is 598. The molecule has 0 atom stereocenters. The molecular formula is C17H19NO3. The first-order chi connectivity index (χ1) is 10.4. The highest BCUT2D eigenvalue weighted by Gasteiger charge is 2.19. The van der Waals surface area contributed by atoms with E-state index in [2.05, 4.69) is 29.6 Å². The second-order valence-electron chi connectivity index (χ2n) is 4.94. The zero-order chi connectivity index (χ0) is 14.5. The molecule has 3 rings (SSSR count). The molecular weight excluding hydrogens is 266 g/mol. The third kappa shape index (κ3) is 3.28. The molecule has 2 aromatic carbocycles. The number of fused-ring (bicyclic) bond motifs is 1. The Kier molecular flexibility index (Phi) is 4.26. The second kappa shape index (κ2) is 6.50. The van der Waals surface area contributed by atoms with Crippen molar-refractivity contribution in [3.63, 3.8) is 0 Å². The summed E-state index contributed by atoms with van der Waals surface area (Å²) in [7, 11) is 1.64. The number of hydrogen-bond donors (Lipinski definition) is 1. The maximum absolute atomic E-state index is 5.43. The minimum absolute atomic E-state index is 0.260. The van der Waals surface area contributed by atoms with Crippen LogP contribution >= 0.6 is 0 Å². The van der Waals surface area contributed by atoms with Gasteiger partial charge in [0.05, 0.1) is 7.11 Å². The Morgan fingerprint density at radius 2 is 1.95 bits per heavy atom. The standard InChI is InChI=1S/C17H19NO3/c1-19-15-9-14(10-16-17(15)21-12-20-16)11-18-8-7-13-5-3-2-4-6-13/h2-6,9-10,18H,7-8,11-12H2,1H3. The Morgan fingerprint density at radius 3 is 2.76 bits per heavy atom.